The summed E-state index contributed by atoms with van der Waals surface area (Å²) in [5.41, 5.74) is 0.938. The van der Waals surface area contributed by atoms with E-state index in [0.717, 1.165) is 31.5 Å². The first-order chi connectivity index (χ1) is 9.61. The van der Waals surface area contributed by atoms with Crippen molar-refractivity contribution in [2.45, 2.75) is 25.7 Å². The SMILES string of the molecule is COc1ncc(CCC(=O)NCCCCN(C)C)cn1. The lowest BCUT2D eigenvalue weighted by Crippen LogP contribution is -2.25. The second-order valence-corrected chi connectivity index (χ2v) is 4.94. The highest BCUT2D eigenvalue weighted by molar-refractivity contribution is 5.76. The second-order valence-electron chi connectivity index (χ2n) is 4.94. The van der Waals surface area contributed by atoms with Gasteiger partial charge in [0.15, 0.2) is 0 Å². The maximum absolute atomic E-state index is 11.6. The zero-order valence-electron chi connectivity index (χ0n) is 12.6. The van der Waals surface area contributed by atoms with Crippen molar-refractivity contribution in [3.05, 3.63) is 18.0 Å². The number of unbranched alkanes of at least 4 members (excludes halogenated alkanes) is 1. The highest BCUT2D eigenvalue weighted by atomic mass is 16.5. The van der Waals surface area contributed by atoms with E-state index in [4.69, 9.17) is 4.74 Å². The first-order valence-corrected chi connectivity index (χ1v) is 6.88. The highest BCUT2D eigenvalue weighted by Crippen LogP contribution is 2.04. The number of carbonyl (C=O) groups excluding carboxylic acids is 1. The first kappa shape index (κ1) is 16.4. The van der Waals surface area contributed by atoms with E-state index < -0.39 is 0 Å². The summed E-state index contributed by atoms with van der Waals surface area (Å²) in [5.74, 6) is 0.0747. The normalized spacial score (nSPS) is 10.6. The molecule has 112 valence electrons. The van der Waals surface area contributed by atoms with Gasteiger partial charge in [-0.25, -0.2) is 9.97 Å². The summed E-state index contributed by atoms with van der Waals surface area (Å²) >= 11 is 0. The lowest BCUT2D eigenvalue weighted by Gasteiger charge is -2.09. The third kappa shape index (κ3) is 7.04. The molecule has 0 aliphatic heterocycles. The molecule has 0 unspecified atom stereocenters. The van der Waals surface area contributed by atoms with Crippen molar-refractivity contribution in [1.29, 1.82) is 0 Å². The molecule has 0 fully saturated rings. The van der Waals surface area contributed by atoms with Crippen LogP contribution in [0.5, 0.6) is 6.01 Å². The van der Waals surface area contributed by atoms with Gasteiger partial charge in [0.2, 0.25) is 5.91 Å². The highest BCUT2D eigenvalue weighted by Gasteiger charge is 2.03. The van der Waals surface area contributed by atoms with E-state index in [2.05, 4.69) is 34.3 Å². The molecule has 0 atom stereocenters. The lowest BCUT2D eigenvalue weighted by atomic mass is 10.2. The van der Waals surface area contributed by atoms with Crippen LogP contribution in [0.25, 0.3) is 0 Å². The monoisotopic (exact) mass is 280 g/mol. The fourth-order valence-electron chi connectivity index (χ4n) is 1.70. The molecule has 0 aromatic carbocycles. The molecule has 0 bridgehead atoms. The molecule has 0 spiro atoms. The van der Waals surface area contributed by atoms with Crippen LogP contribution in [-0.2, 0) is 11.2 Å². The maximum Gasteiger partial charge on any atom is 0.316 e. The number of ether oxygens (including phenoxy) is 1. The maximum atomic E-state index is 11.6. The Morgan fingerprint density at radius 3 is 2.60 bits per heavy atom. The number of methoxy groups -OCH3 is 1. The number of nitrogens with one attached hydrogen (secondary N) is 1. The molecular weight excluding hydrogens is 256 g/mol. The second kappa shape index (κ2) is 9.25. The summed E-state index contributed by atoms with van der Waals surface area (Å²) in [5, 5.41) is 2.93. The summed E-state index contributed by atoms with van der Waals surface area (Å²) in [6.07, 6.45) is 6.60. The van der Waals surface area contributed by atoms with E-state index in [1.165, 1.54) is 7.11 Å². The van der Waals surface area contributed by atoms with Crippen LogP contribution >= 0.6 is 0 Å². The Morgan fingerprint density at radius 2 is 2.00 bits per heavy atom. The largest absolute Gasteiger partial charge is 0.467 e. The molecule has 1 amide bonds. The van der Waals surface area contributed by atoms with Gasteiger partial charge in [0.05, 0.1) is 7.11 Å². The lowest BCUT2D eigenvalue weighted by molar-refractivity contribution is -0.121. The van der Waals surface area contributed by atoms with Gasteiger partial charge < -0.3 is 15.0 Å². The van der Waals surface area contributed by atoms with Crippen molar-refractivity contribution in [3.63, 3.8) is 0 Å². The molecule has 0 saturated carbocycles. The number of hydrogen-bond acceptors (Lipinski definition) is 5. The number of carbonyl (C=O) groups is 1. The van der Waals surface area contributed by atoms with Crippen LogP contribution in [-0.4, -0.2) is 55.1 Å². The molecule has 1 heterocycles. The Hall–Kier alpha value is -1.69. The van der Waals surface area contributed by atoms with E-state index >= 15 is 0 Å². The van der Waals surface area contributed by atoms with Crippen LogP contribution in [0.3, 0.4) is 0 Å². The van der Waals surface area contributed by atoms with Gasteiger partial charge >= 0.3 is 6.01 Å². The molecule has 1 N–H and O–H groups in total. The van der Waals surface area contributed by atoms with Crippen LogP contribution in [0.1, 0.15) is 24.8 Å². The minimum Gasteiger partial charge on any atom is -0.467 e. The minimum atomic E-state index is 0.0747. The molecule has 6 nitrogen and oxygen atoms in total. The van der Waals surface area contributed by atoms with Gasteiger partial charge in [0, 0.05) is 25.4 Å². The molecule has 1 aromatic rings. The number of aromatic nitrogens is 2. The van der Waals surface area contributed by atoms with E-state index in [0.29, 0.717) is 18.9 Å². The van der Waals surface area contributed by atoms with Crippen molar-refractivity contribution in [3.8, 4) is 6.01 Å². The minimum absolute atomic E-state index is 0.0747. The van der Waals surface area contributed by atoms with Gasteiger partial charge in [0.1, 0.15) is 0 Å². The van der Waals surface area contributed by atoms with E-state index in [1.54, 1.807) is 12.4 Å². The fraction of sp³-hybridized carbons (Fsp3) is 0.643. The van der Waals surface area contributed by atoms with E-state index in [-0.39, 0.29) is 5.91 Å². The Balaban J connectivity index is 2.13. The van der Waals surface area contributed by atoms with E-state index in [9.17, 15) is 4.79 Å². The standard InChI is InChI=1S/C14H24N4O2/c1-18(2)9-5-4-8-15-13(19)7-6-12-10-16-14(20-3)17-11-12/h10-11H,4-9H2,1-3H3,(H,15,19). The summed E-state index contributed by atoms with van der Waals surface area (Å²) in [7, 11) is 5.63. The average molecular weight is 280 g/mol. The van der Waals surface area contributed by atoms with Gasteiger partial charge in [0.25, 0.3) is 0 Å². The van der Waals surface area contributed by atoms with Gasteiger partial charge in [-0.1, -0.05) is 0 Å². The van der Waals surface area contributed by atoms with Crippen LogP contribution in [0.15, 0.2) is 12.4 Å². The third-order valence-electron chi connectivity index (χ3n) is 2.86. The molecule has 1 aromatic heterocycles. The van der Waals surface area contributed by atoms with Crippen molar-refractivity contribution in [1.82, 2.24) is 20.2 Å². The molecule has 0 aliphatic rings. The molecule has 1 rings (SSSR count). The summed E-state index contributed by atoms with van der Waals surface area (Å²) < 4.78 is 4.88. The predicted octanol–water partition coefficient (Wildman–Crippen LogP) is 0.876. The quantitative estimate of drug-likeness (QED) is 0.680. The van der Waals surface area contributed by atoms with Gasteiger partial charge in [-0.2, -0.15) is 0 Å². The van der Waals surface area contributed by atoms with E-state index in [1.807, 2.05) is 0 Å². The topological polar surface area (TPSA) is 67.3 Å². The van der Waals surface area contributed by atoms with Crippen LogP contribution < -0.4 is 10.1 Å². The molecule has 20 heavy (non-hydrogen) atoms. The van der Waals surface area contributed by atoms with Crippen molar-refractivity contribution >= 4 is 5.91 Å². The number of aryl methyl sites for hydroxylation is 1. The van der Waals surface area contributed by atoms with Crippen molar-refractivity contribution in [2.75, 3.05) is 34.3 Å². The summed E-state index contributed by atoms with van der Waals surface area (Å²) in [4.78, 5) is 21.8. The van der Waals surface area contributed by atoms with Gasteiger partial charge in [-0.3, -0.25) is 4.79 Å². The number of nitrogens with zero attached hydrogens (tertiary/aromatic N) is 3. The number of amides is 1. The Labute approximate surface area is 120 Å². The number of rotatable bonds is 9. The zero-order valence-corrected chi connectivity index (χ0v) is 12.6. The molecular formula is C14H24N4O2. The Morgan fingerprint density at radius 1 is 1.30 bits per heavy atom. The van der Waals surface area contributed by atoms with Crippen LogP contribution in [0.4, 0.5) is 0 Å². The average Bonchev–Trinajstić information content (AvgIpc) is 2.45. The van der Waals surface area contributed by atoms with Gasteiger partial charge in [-0.05, 0) is 45.5 Å². The molecule has 0 saturated heterocycles. The smallest absolute Gasteiger partial charge is 0.316 e. The van der Waals surface area contributed by atoms with Crippen molar-refractivity contribution in [2.24, 2.45) is 0 Å². The summed E-state index contributed by atoms with van der Waals surface area (Å²) in [6, 6.07) is 0.346. The Kier molecular flexibility index (Phi) is 7.57. The fourth-order valence-corrected chi connectivity index (χ4v) is 1.70. The molecule has 6 heteroatoms. The summed E-state index contributed by atoms with van der Waals surface area (Å²) in [6.45, 7) is 1.80. The van der Waals surface area contributed by atoms with Gasteiger partial charge in [-0.15, -0.1) is 0 Å². The van der Waals surface area contributed by atoms with Crippen LogP contribution in [0, 0.1) is 0 Å². The van der Waals surface area contributed by atoms with Crippen LogP contribution in [0.2, 0.25) is 0 Å². The zero-order chi connectivity index (χ0) is 14.8. The first-order valence-electron chi connectivity index (χ1n) is 6.88. The molecule has 0 radical (unpaired) electrons. The number of hydrogen-bond donors (Lipinski definition) is 1. The molecule has 0 aliphatic carbocycles. The predicted molar refractivity (Wildman–Crippen MR) is 77.7 cm³/mol. The van der Waals surface area contributed by atoms with Crippen molar-refractivity contribution < 1.29 is 9.53 Å². The third-order valence-corrected chi connectivity index (χ3v) is 2.86. The Bertz CT molecular complexity index is 393.